The van der Waals surface area contributed by atoms with Crippen LogP contribution in [0.1, 0.15) is 12.5 Å². The highest BCUT2D eigenvalue weighted by Crippen LogP contribution is 2.26. The first-order valence-electron chi connectivity index (χ1n) is 7.18. The number of carbonyl (C=O) groups excluding carboxylic acids is 1. The van der Waals surface area contributed by atoms with Crippen LogP contribution in [0.4, 0.5) is 5.69 Å². The number of anilines is 1. The molecule has 0 unspecified atom stereocenters. The van der Waals surface area contributed by atoms with E-state index < -0.39 is 5.91 Å². The van der Waals surface area contributed by atoms with Crippen LogP contribution < -0.4 is 10.1 Å². The fourth-order valence-electron chi connectivity index (χ4n) is 1.99. The molecule has 0 aromatic heterocycles. The Balaban J connectivity index is 2.29. The molecule has 5 nitrogen and oxygen atoms in total. The van der Waals surface area contributed by atoms with Crippen molar-refractivity contribution < 1.29 is 14.6 Å². The number of para-hydroxylation sites is 2. The van der Waals surface area contributed by atoms with Gasteiger partial charge in [-0.15, -0.1) is 0 Å². The van der Waals surface area contributed by atoms with Gasteiger partial charge in [0.2, 0.25) is 0 Å². The van der Waals surface area contributed by atoms with Crippen LogP contribution in [0.15, 0.2) is 52.5 Å². The molecule has 0 heterocycles. The molecule has 0 bridgehead atoms. The third-order valence-electron chi connectivity index (χ3n) is 3.09. The molecular formula is C18H15BrN2O3. The summed E-state index contributed by atoms with van der Waals surface area (Å²) in [4.78, 5) is 12.3. The van der Waals surface area contributed by atoms with E-state index in [1.165, 1.54) is 12.1 Å². The molecule has 0 fully saturated rings. The first-order chi connectivity index (χ1) is 11.5. The SMILES string of the molecule is CCOc1ccccc1NC(=O)C(C#N)=Cc1cc(Br)ccc1O. The van der Waals surface area contributed by atoms with Gasteiger partial charge in [-0.1, -0.05) is 28.1 Å². The van der Waals surface area contributed by atoms with Crippen molar-refractivity contribution in [3.63, 3.8) is 0 Å². The van der Waals surface area contributed by atoms with E-state index in [1.54, 1.807) is 36.4 Å². The van der Waals surface area contributed by atoms with Crippen molar-refractivity contribution in [2.45, 2.75) is 6.92 Å². The standard InChI is InChI=1S/C18H15BrN2O3/c1-2-24-17-6-4-3-5-15(17)21-18(23)13(11-20)9-12-10-14(19)7-8-16(12)22/h3-10,22H,2H2,1H3,(H,21,23). The topological polar surface area (TPSA) is 82.3 Å². The molecule has 0 aliphatic carbocycles. The van der Waals surface area contributed by atoms with Gasteiger partial charge in [0.15, 0.2) is 0 Å². The van der Waals surface area contributed by atoms with Gasteiger partial charge < -0.3 is 15.2 Å². The number of amides is 1. The zero-order valence-corrected chi connectivity index (χ0v) is 14.5. The molecule has 2 rings (SSSR count). The highest BCUT2D eigenvalue weighted by Gasteiger charge is 2.13. The summed E-state index contributed by atoms with van der Waals surface area (Å²) in [7, 11) is 0. The number of benzene rings is 2. The number of nitrogens with zero attached hydrogens (tertiary/aromatic N) is 1. The second kappa shape index (κ2) is 8.18. The second-order valence-corrected chi connectivity index (χ2v) is 5.67. The number of ether oxygens (including phenoxy) is 1. The highest BCUT2D eigenvalue weighted by molar-refractivity contribution is 9.10. The Morgan fingerprint density at radius 1 is 1.38 bits per heavy atom. The number of carbonyl (C=O) groups is 1. The number of nitrogens with one attached hydrogen (secondary N) is 1. The summed E-state index contributed by atoms with van der Waals surface area (Å²) < 4.78 is 6.17. The van der Waals surface area contributed by atoms with E-state index in [0.717, 1.165) is 4.47 Å². The molecule has 122 valence electrons. The van der Waals surface area contributed by atoms with Gasteiger partial charge >= 0.3 is 0 Å². The highest BCUT2D eigenvalue weighted by atomic mass is 79.9. The Hall–Kier alpha value is -2.78. The van der Waals surface area contributed by atoms with Gasteiger partial charge in [-0.3, -0.25) is 4.79 Å². The van der Waals surface area contributed by atoms with Crippen LogP contribution >= 0.6 is 15.9 Å². The Bertz CT molecular complexity index is 825. The van der Waals surface area contributed by atoms with Crippen molar-refractivity contribution in [2.24, 2.45) is 0 Å². The fraction of sp³-hybridized carbons (Fsp3) is 0.111. The van der Waals surface area contributed by atoms with Crippen LogP contribution in [0.5, 0.6) is 11.5 Å². The van der Waals surface area contributed by atoms with E-state index in [9.17, 15) is 15.2 Å². The minimum Gasteiger partial charge on any atom is -0.507 e. The van der Waals surface area contributed by atoms with Gasteiger partial charge in [0.1, 0.15) is 23.1 Å². The molecular weight excluding hydrogens is 372 g/mol. The molecule has 0 atom stereocenters. The molecule has 2 aromatic carbocycles. The van der Waals surface area contributed by atoms with Crippen molar-refractivity contribution in [2.75, 3.05) is 11.9 Å². The maximum absolute atomic E-state index is 12.3. The lowest BCUT2D eigenvalue weighted by atomic mass is 10.1. The zero-order chi connectivity index (χ0) is 17.5. The molecule has 2 aromatic rings. The number of phenols is 1. The monoisotopic (exact) mass is 386 g/mol. The Morgan fingerprint density at radius 2 is 2.12 bits per heavy atom. The minimum absolute atomic E-state index is 0.0199. The van der Waals surface area contributed by atoms with Crippen molar-refractivity contribution in [3.05, 3.63) is 58.1 Å². The molecule has 0 saturated heterocycles. The fourth-order valence-corrected chi connectivity index (χ4v) is 2.36. The van der Waals surface area contributed by atoms with E-state index in [4.69, 9.17) is 4.74 Å². The summed E-state index contributed by atoms with van der Waals surface area (Å²) in [6.45, 7) is 2.30. The number of rotatable bonds is 5. The van der Waals surface area contributed by atoms with Crippen LogP contribution in [-0.4, -0.2) is 17.6 Å². The van der Waals surface area contributed by atoms with Gasteiger partial charge in [0, 0.05) is 10.0 Å². The van der Waals surface area contributed by atoms with Crippen molar-refractivity contribution in [1.82, 2.24) is 0 Å². The average Bonchev–Trinajstić information content (AvgIpc) is 2.57. The van der Waals surface area contributed by atoms with Crippen LogP contribution in [0.3, 0.4) is 0 Å². The van der Waals surface area contributed by atoms with E-state index in [-0.39, 0.29) is 11.3 Å². The molecule has 0 spiro atoms. The van der Waals surface area contributed by atoms with Crippen molar-refractivity contribution in [1.29, 1.82) is 5.26 Å². The van der Waals surface area contributed by atoms with Crippen LogP contribution in [0.2, 0.25) is 0 Å². The maximum Gasteiger partial charge on any atom is 0.266 e. The predicted molar refractivity (Wildman–Crippen MR) is 95.6 cm³/mol. The largest absolute Gasteiger partial charge is 0.507 e. The molecule has 0 aliphatic heterocycles. The summed E-state index contributed by atoms with van der Waals surface area (Å²) >= 11 is 3.29. The third kappa shape index (κ3) is 4.37. The van der Waals surface area contributed by atoms with E-state index >= 15 is 0 Å². The Kier molecular flexibility index (Phi) is 5.99. The minimum atomic E-state index is -0.580. The van der Waals surface area contributed by atoms with Gasteiger partial charge in [-0.25, -0.2) is 0 Å². The summed E-state index contributed by atoms with van der Waals surface area (Å²) in [6, 6.07) is 13.6. The van der Waals surface area contributed by atoms with Gasteiger partial charge in [-0.05, 0) is 43.3 Å². The first kappa shape index (κ1) is 17.6. The summed E-state index contributed by atoms with van der Waals surface area (Å²) in [5.41, 5.74) is 0.716. The predicted octanol–water partition coefficient (Wildman–Crippen LogP) is 4.10. The van der Waals surface area contributed by atoms with E-state index in [1.807, 2.05) is 13.0 Å². The summed E-state index contributed by atoms with van der Waals surface area (Å²) in [5.74, 6) is -0.0755. The molecule has 0 saturated carbocycles. The normalized spacial score (nSPS) is 10.8. The molecule has 2 N–H and O–H groups in total. The quantitative estimate of drug-likeness (QED) is 0.598. The number of aromatic hydroxyl groups is 1. The average molecular weight is 387 g/mol. The number of nitriles is 1. The maximum atomic E-state index is 12.3. The van der Waals surface area contributed by atoms with Crippen molar-refractivity contribution >= 4 is 33.6 Å². The molecule has 6 heteroatoms. The summed E-state index contributed by atoms with van der Waals surface area (Å²) in [5, 5.41) is 21.8. The van der Waals surface area contributed by atoms with E-state index in [2.05, 4.69) is 21.2 Å². The summed E-state index contributed by atoms with van der Waals surface area (Å²) in [6.07, 6.45) is 1.33. The lowest BCUT2D eigenvalue weighted by Gasteiger charge is -2.10. The molecule has 1 amide bonds. The number of hydrogen-bond donors (Lipinski definition) is 2. The number of phenolic OH excluding ortho intramolecular Hbond substituents is 1. The van der Waals surface area contributed by atoms with Gasteiger partial charge in [0.05, 0.1) is 12.3 Å². The van der Waals surface area contributed by atoms with Crippen molar-refractivity contribution in [3.8, 4) is 17.6 Å². The lowest BCUT2D eigenvalue weighted by molar-refractivity contribution is -0.112. The molecule has 0 radical (unpaired) electrons. The number of halogens is 1. The molecule has 0 aliphatic rings. The van der Waals surface area contributed by atoms with Crippen LogP contribution in [0.25, 0.3) is 6.08 Å². The van der Waals surface area contributed by atoms with Gasteiger partial charge in [-0.2, -0.15) is 5.26 Å². The van der Waals surface area contributed by atoms with E-state index in [0.29, 0.717) is 23.6 Å². The lowest BCUT2D eigenvalue weighted by Crippen LogP contribution is -2.14. The Morgan fingerprint density at radius 3 is 2.83 bits per heavy atom. The smallest absolute Gasteiger partial charge is 0.266 e. The first-order valence-corrected chi connectivity index (χ1v) is 7.98. The number of hydrogen-bond acceptors (Lipinski definition) is 4. The Labute approximate surface area is 148 Å². The molecule has 24 heavy (non-hydrogen) atoms. The zero-order valence-electron chi connectivity index (χ0n) is 12.9. The third-order valence-corrected chi connectivity index (χ3v) is 3.58. The van der Waals surface area contributed by atoms with Crippen LogP contribution in [-0.2, 0) is 4.79 Å². The second-order valence-electron chi connectivity index (χ2n) is 4.76. The van der Waals surface area contributed by atoms with Crippen LogP contribution in [0, 0.1) is 11.3 Å². The van der Waals surface area contributed by atoms with Gasteiger partial charge in [0.25, 0.3) is 5.91 Å².